The Morgan fingerprint density at radius 2 is 1.64 bits per heavy atom. The van der Waals surface area contributed by atoms with Crippen molar-refractivity contribution in [3.8, 4) is 0 Å². The predicted molar refractivity (Wildman–Crippen MR) is 231 cm³/mol. The van der Waals surface area contributed by atoms with Crippen LogP contribution >= 0.6 is 0 Å². The molecule has 7 aliphatic rings. The number of hydrogen-bond donors (Lipinski definition) is 0. The van der Waals surface area contributed by atoms with Crippen molar-refractivity contribution in [3.63, 3.8) is 0 Å². The highest BCUT2D eigenvalue weighted by atomic mass is 16.5. The van der Waals surface area contributed by atoms with Crippen LogP contribution in [0.5, 0.6) is 0 Å². The van der Waals surface area contributed by atoms with E-state index >= 15 is 0 Å². The molecule has 0 bridgehead atoms. The molecule has 0 N–H and O–H groups in total. The molecular formula is C53H46N2O. The van der Waals surface area contributed by atoms with E-state index in [2.05, 4.69) is 140 Å². The van der Waals surface area contributed by atoms with E-state index in [-0.39, 0.29) is 17.6 Å². The number of allylic oxidation sites excluding steroid dienone is 16. The molecule has 0 spiro atoms. The van der Waals surface area contributed by atoms with Crippen LogP contribution < -0.4 is 0 Å². The minimum absolute atomic E-state index is 0.0167. The molecule has 6 aliphatic carbocycles. The SMILES string of the molecule is C[C@@]12C=CC=C(C3=CCCC(C4=CC=C(C5C=C(C6CC=C(c7cnc8c9ccccc9c9ccccc9c8n7)CC6)C=CC5)CC4)=C3)C1OC1C=C=CC=C12. The Kier molecular flexibility index (Phi) is 8.16. The zero-order valence-electron chi connectivity index (χ0n) is 32.0. The lowest BCUT2D eigenvalue weighted by molar-refractivity contribution is 0.0727. The molecule has 1 saturated heterocycles. The number of rotatable bonds is 5. The fourth-order valence-corrected chi connectivity index (χ4v) is 10.5. The van der Waals surface area contributed by atoms with Crippen LogP contribution in [0.4, 0.5) is 0 Å². The van der Waals surface area contributed by atoms with Gasteiger partial charge in [0.1, 0.15) is 6.10 Å². The molecule has 1 aromatic heterocycles. The summed E-state index contributed by atoms with van der Waals surface area (Å²) in [7, 11) is 0. The molecule has 3 heteroatoms. The second kappa shape index (κ2) is 13.6. The van der Waals surface area contributed by atoms with Gasteiger partial charge in [-0.2, -0.15) is 0 Å². The van der Waals surface area contributed by atoms with Crippen molar-refractivity contribution in [2.45, 2.75) is 70.5 Å². The Balaban J connectivity index is 0.798. The summed E-state index contributed by atoms with van der Waals surface area (Å²) in [5.41, 5.74) is 17.6. The zero-order valence-corrected chi connectivity index (χ0v) is 32.0. The molecule has 4 unspecified atom stereocenters. The third kappa shape index (κ3) is 5.60. The monoisotopic (exact) mass is 726 g/mol. The standard InChI is InChI=1S/C53H46N2O/c1-53-30-10-19-42(52(53)56-49-21-7-6-20-47(49)53)41-14-9-13-40(32-41)35-24-22-34(23-25-35)38-11-8-12-39(31-38)36-26-28-37(29-27-36)48-33-54-50-45-17-4-2-15-43(45)44-16-3-5-18-46(44)51(50)55-48/h2-6,8,10,12,14-22,24,28,30-33,36,38,49,52H,9,11,13,23,25-27,29H2,1H3/t36?,38?,49?,52?,53-/m0/s1. The predicted octanol–water partition coefficient (Wildman–Crippen LogP) is 12.8. The van der Waals surface area contributed by atoms with Crippen molar-refractivity contribution in [2.24, 2.45) is 17.3 Å². The zero-order chi connectivity index (χ0) is 37.2. The molecule has 5 atom stereocenters. The first-order valence-corrected chi connectivity index (χ1v) is 20.7. The van der Waals surface area contributed by atoms with Crippen molar-refractivity contribution < 1.29 is 4.74 Å². The first kappa shape index (κ1) is 33.7. The van der Waals surface area contributed by atoms with Crippen LogP contribution in [0.15, 0.2) is 185 Å². The molecule has 11 rings (SSSR count). The largest absolute Gasteiger partial charge is 0.360 e. The van der Waals surface area contributed by atoms with E-state index in [1.807, 2.05) is 12.3 Å². The summed E-state index contributed by atoms with van der Waals surface area (Å²) in [6.07, 6.45) is 43.6. The average Bonchev–Trinajstić information content (AvgIpc) is 3.59. The molecule has 3 nitrogen and oxygen atoms in total. The van der Waals surface area contributed by atoms with Gasteiger partial charge < -0.3 is 4.74 Å². The number of aromatic nitrogens is 2. The highest BCUT2D eigenvalue weighted by molar-refractivity contribution is 6.23. The van der Waals surface area contributed by atoms with E-state index in [4.69, 9.17) is 14.7 Å². The molecule has 0 saturated carbocycles. The summed E-state index contributed by atoms with van der Waals surface area (Å²) < 4.78 is 6.68. The van der Waals surface area contributed by atoms with Gasteiger partial charge in [0.2, 0.25) is 0 Å². The van der Waals surface area contributed by atoms with E-state index in [1.54, 1.807) is 5.57 Å². The third-order valence-corrected chi connectivity index (χ3v) is 13.6. The van der Waals surface area contributed by atoms with Crippen molar-refractivity contribution in [3.05, 3.63) is 190 Å². The Hall–Kier alpha value is -5.60. The molecule has 3 aromatic carbocycles. The smallest absolute Gasteiger partial charge is 0.106 e. The van der Waals surface area contributed by atoms with Gasteiger partial charge in [0.25, 0.3) is 0 Å². The fraction of sp³-hybridized carbons (Fsp3) is 0.264. The second-order valence-electron chi connectivity index (χ2n) is 16.8. The van der Waals surface area contributed by atoms with Crippen LogP contribution in [-0.2, 0) is 4.74 Å². The maximum Gasteiger partial charge on any atom is 0.106 e. The summed E-state index contributed by atoms with van der Waals surface area (Å²) in [5, 5.41) is 4.83. The normalized spacial score (nSPS) is 28.2. The Morgan fingerprint density at radius 1 is 0.804 bits per heavy atom. The number of fused-ring (bicyclic) bond motifs is 9. The summed E-state index contributed by atoms with van der Waals surface area (Å²) in [5.74, 6) is 1.03. The minimum Gasteiger partial charge on any atom is -0.360 e. The topological polar surface area (TPSA) is 35.0 Å². The first-order chi connectivity index (χ1) is 27.6. The summed E-state index contributed by atoms with van der Waals surface area (Å²) in [6.45, 7) is 2.33. The van der Waals surface area contributed by atoms with Crippen LogP contribution in [0.3, 0.4) is 0 Å². The Morgan fingerprint density at radius 3 is 2.45 bits per heavy atom. The van der Waals surface area contributed by atoms with Gasteiger partial charge in [0.15, 0.2) is 0 Å². The van der Waals surface area contributed by atoms with E-state index in [0.717, 1.165) is 68.1 Å². The first-order valence-electron chi connectivity index (χ1n) is 20.7. The molecule has 56 heavy (non-hydrogen) atoms. The highest BCUT2D eigenvalue weighted by Crippen LogP contribution is 2.52. The lowest BCUT2D eigenvalue weighted by atomic mass is 9.70. The van der Waals surface area contributed by atoms with Gasteiger partial charge >= 0.3 is 0 Å². The van der Waals surface area contributed by atoms with Crippen molar-refractivity contribution in [1.29, 1.82) is 0 Å². The minimum atomic E-state index is -0.118. The number of hydrogen-bond acceptors (Lipinski definition) is 3. The number of ether oxygens (including phenoxy) is 1. The van der Waals surface area contributed by atoms with Crippen LogP contribution in [0.1, 0.15) is 64.0 Å². The molecule has 4 aromatic rings. The molecule has 1 fully saturated rings. The number of benzene rings is 3. The van der Waals surface area contributed by atoms with Crippen molar-refractivity contribution in [2.75, 3.05) is 0 Å². The Bertz CT molecular complexity index is 2710. The van der Waals surface area contributed by atoms with Gasteiger partial charge in [-0.15, -0.1) is 5.73 Å². The van der Waals surface area contributed by atoms with Gasteiger partial charge in [-0.1, -0.05) is 127 Å². The van der Waals surface area contributed by atoms with E-state index < -0.39 is 0 Å². The summed E-state index contributed by atoms with van der Waals surface area (Å²) in [6, 6.07) is 17.2. The quantitative estimate of drug-likeness (QED) is 0.152. The van der Waals surface area contributed by atoms with Gasteiger partial charge in [0, 0.05) is 22.1 Å². The second-order valence-corrected chi connectivity index (χ2v) is 16.8. The van der Waals surface area contributed by atoms with Gasteiger partial charge in [-0.3, -0.25) is 4.98 Å². The van der Waals surface area contributed by atoms with Gasteiger partial charge in [0.05, 0.1) is 29.0 Å². The van der Waals surface area contributed by atoms with E-state index in [1.165, 1.54) is 60.6 Å². The molecular weight excluding hydrogens is 681 g/mol. The fourth-order valence-electron chi connectivity index (χ4n) is 10.5. The van der Waals surface area contributed by atoms with E-state index in [9.17, 15) is 0 Å². The molecule has 0 amide bonds. The van der Waals surface area contributed by atoms with Crippen LogP contribution in [-0.4, -0.2) is 22.2 Å². The van der Waals surface area contributed by atoms with Crippen LogP contribution in [0.25, 0.3) is 38.2 Å². The maximum absolute atomic E-state index is 6.68. The molecule has 1 aliphatic heterocycles. The average molecular weight is 727 g/mol. The van der Waals surface area contributed by atoms with Gasteiger partial charge in [-0.05, 0) is 126 Å². The molecule has 2 heterocycles. The van der Waals surface area contributed by atoms with Crippen LogP contribution in [0, 0.1) is 17.3 Å². The lowest BCUT2D eigenvalue weighted by Gasteiger charge is -2.33. The van der Waals surface area contributed by atoms with Crippen LogP contribution in [0.2, 0.25) is 0 Å². The highest BCUT2D eigenvalue weighted by Gasteiger charge is 2.50. The van der Waals surface area contributed by atoms with E-state index in [0.29, 0.717) is 11.8 Å². The lowest BCUT2D eigenvalue weighted by Crippen LogP contribution is -2.31. The van der Waals surface area contributed by atoms with Crippen molar-refractivity contribution >= 4 is 38.2 Å². The number of nitrogens with zero attached hydrogens (tertiary/aromatic N) is 2. The summed E-state index contributed by atoms with van der Waals surface area (Å²) in [4.78, 5) is 10.3. The third-order valence-electron chi connectivity index (χ3n) is 13.6. The van der Waals surface area contributed by atoms with Crippen molar-refractivity contribution in [1.82, 2.24) is 9.97 Å². The summed E-state index contributed by atoms with van der Waals surface area (Å²) >= 11 is 0. The Labute approximate surface area is 329 Å². The van der Waals surface area contributed by atoms with Gasteiger partial charge in [-0.25, -0.2) is 4.98 Å². The molecule has 274 valence electrons. The molecule has 0 radical (unpaired) electrons. The maximum atomic E-state index is 6.68.